The number of hydrogen-bond acceptors (Lipinski definition) is 24. The third kappa shape index (κ3) is 19.8. The van der Waals surface area contributed by atoms with Crippen LogP contribution >= 0.6 is 0 Å². The fourth-order valence-electron chi connectivity index (χ4n) is 11.1. The number of anilines is 1. The molecule has 0 aliphatic carbocycles. The van der Waals surface area contributed by atoms with Gasteiger partial charge in [0.05, 0.1) is 101 Å². The Morgan fingerprint density at radius 3 is 1.54 bits per heavy atom. The monoisotopic (exact) mass is 1360 g/mol. The molecule has 0 radical (unpaired) electrons. The van der Waals surface area contributed by atoms with Gasteiger partial charge in [0.15, 0.2) is 12.3 Å². The Labute approximate surface area is 526 Å². The predicted octanol–water partition coefficient (Wildman–Crippen LogP) is 5.67. The van der Waals surface area contributed by atoms with Crippen LogP contribution in [0.25, 0.3) is 21.5 Å². The van der Waals surface area contributed by atoms with Gasteiger partial charge in [0, 0.05) is 79.4 Å². The summed E-state index contributed by atoms with van der Waals surface area (Å²) in [7, 11) is -23.2. The third-order valence-corrected chi connectivity index (χ3v) is 19.3. The molecule has 4 aromatic carbocycles. The molecule has 2 heterocycles. The lowest BCUT2D eigenvalue weighted by Gasteiger charge is -2.31. The molecule has 0 amide bonds. The second kappa shape index (κ2) is 32.9. The van der Waals surface area contributed by atoms with Crippen LogP contribution in [0.5, 0.6) is 0 Å². The van der Waals surface area contributed by atoms with Crippen LogP contribution in [0.2, 0.25) is 0 Å². The van der Waals surface area contributed by atoms with Crippen molar-refractivity contribution in [2.24, 2.45) is 0 Å². The zero-order chi connectivity index (χ0) is 65.4. The van der Waals surface area contributed by atoms with Gasteiger partial charge in [-0.05, 0) is 110 Å². The summed E-state index contributed by atoms with van der Waals surface area (Å²) in [6.07, 6.45) is 12.6. The fourth-order valence-corrected chi connectivity index (χ4v) is 14.2. The van der Waals surface area contributed by atoms with E-state index in [0.29, 0.717) is 92.8 Å². The van der Waals surface area contributed by atoms with Gasteiger partial charge in [-0.3, -0.25) is 4.79 Å². The SMILES string of the molecule is C.COCCOCCOCCOCCC1(C)\C(=C/C=C/C=C/C=C/C2=[N+](CCOCCOCCOC)c3ccc4c(S(=O)(=O)[O-])cc(S(=O)(=O)[O-])cc4c3C2(C)CCCS(=O)(=O)[O-])N(CCCCCC(=O)O)c2ccc3c(S(=O)(=O)[O-])cc(S(=O)(=O)[O-])cc3c21. The van der Waals surface area contributed by atoms with E-state index in [-0.39, 0.29) is 120 Å². The second-order valence-electron chi connectivity index (χ2n) is 21.2. The number of carboxylic acids is 1. The van der Waals surface area contributed by atoms with Gasteiger partial charge < -0.3 is 65.9 Å². The van der Waals surface area contributed by atoms with E-state index in [2.05, 4.69) is 0 Å². The first kappa shape index (κ1) is 75.3. The summed E-state index contributed by atoms with van der Waals surface area (Å²) in [6.45, 7) is 6.61. The Kier molecular flexibility index (Phi) is 27.5. The van der Waals surface area contributed by atoms with Gasteiger partial charge in [0.25, 0.3) is 0 Å². The fraction of sp³-hybridized carbons (Fsp3) is 0.492. The molecular weight excluding hydrogens is 1280 g/mol. The molecule has 2 unspecified atom stereocenters. The van der Waals surface area contributed by atoms with E-state index in [0.717, 1.165) is 12.1 Å². The zero-order valence-corrected chi connectivity index (χ0v) is 53.6. The summed E-state index contributed by atoms with van der Waals surface area (Å²) in [5.41, 5.74) is -0.148. The van der Waals surface area contributed by atoms with Gasteiger partial charge in [-0.15, -0.1) is 0 Å². The number of unbranched alkanes of at least 4 members (excludes halogenated alkanes) is 2. The minimum Gasteiger partial charge on any atom is -0.748 e. The lowest BCUT2D eigenvalue weighted by atomic mass is 9.74. The smallest absolute Gasteiger partial charge is 0.303 e. The first-order valence-corrected chi connectivity index (χ1v) is 35.3. The van der Waals surface area contributed by atoms with Gasteiger partial charge in [-0.2, -0.15) is 4.58 Å². The molecule has 0 saturated carbocycles. The Bertz CT molecular complexity index is 3940. The lowest BCUT2D eigenvalue weighted by Crippen LogP contribution is -2.33. The molecule has 90 heavy (non-hydrogen) atoms. The highest BCUT2D eigenvalue weighted by Crippen LogP contribution is 2.54. The number of allylic oxidation sites excluding steroid dienone is 8. The highest BCUT2D eigenvalue weighted by atomic mass is 32.2. The van der Waals surface area contributed by atoms with Crippen LogP contribution in [0, 0.1) is 0 Å². The van der Waals surface area contributed by atoms with Crippen molar-refractivity contribution in [2.75, 3.05) is 117 Å². The summed E-state index contributed by atoms with van der Waals surface area (Å²) in [4.78, 5) is 9.49. The average molecular weight is 1360 g/mol. The van der Waals surface area contributed by atoms with Crippen molar-refractivity contribution in [1.29, 1.82) is 0 Å². The minimum atomic E-state index is -5.42. The molecule has 2 aliphatic heterocycles. The molecule has 0 saturated heterocycles. The van der Waals surface area contributed by atoms with Crippen molar-refractivity contribution >= 4 is 95.2 Å². The number of hydrogen-bond donors (Lipinski definition) is 1. The van der Waals surface area contributed by atoms with Crippen LogP contribution in [-0.4, -0.2) is 199 Å². The molecular formula is C59H76N2O24S5-4. The van der Waals surface area contributed by atoms with Crippen molar-refractivity contribution in [3.8, 4) is 0 Å². The standard InChI is InChI=1S/C58H76N2O24S5.CH4/c1-57(21-13-37-85(63,64)65)52(60(24-26-81-32-34-82-29-27-78-3)49-20-18-44-46(55(49)57)38-42(86(66,67)68)40-50(44)88(72,73)74)14-9-6-5-7-10-15-53-58(2,22-25-80-31-33-84-36-35-83-30-28-79-4)56-47-39-43(87(69,70)71)41-51(89(75,76)77)45(47)17-19-48(56)59(53)23-12-8-11-16-54(61)62;/h5-7,9-10,14-15,17-20,38-41H,8,11-13,16,21-37H2,1-4H3,(H5-,61,62,63,64,65,66,67,68,69,70,71,72,73,74,75,76,77);1H4/p-4. The van der Waals surface area contributed by atoms with Gasteiger partial charge in [-0.25, -0.2) is 42.1 Å². The number of ether oxygens (including phenoxy) is 7. The molecule has 0 spiro atoms. The molecule has 0 bridgehead atoms. The average Bonchev–Trinajstić information content (AvgIpc) is 1.53. The highest BCUT2D eigenvalue weighted by Gasteiger charge is 2.49. The maximum atomic E-state index is 12.8. The van der Waals surface area contributed by atoms with Crippen LogP contribution in [0.3, 0.4) is 0 Å². The van der Waals surface area contributed by atoms with Crippen LogP contribution in [0.15, 0.2) is 116 Å². The van der Waals surface area contributed by atoms with E-state index in [1.54, 1.807) is 67.2 Å². The van der Waals surface area contributed by atoms with Gasteiger partial charge >= 0.3 is 5.97 Å². The van der Waals surface area contributed by atoms with E-state index in [1.165, 1.54) is 25.3 Å². The Morgan fingerprint density at radius 1 is 0.544 bits per heavy atom. The second-order valence-corrected chi connectivity index (χ2v) is 28.1. The highest BCUT2D eigenvalue weighted by molar-refractivity contribution is 7.87. The first-order valence-electron chi connectivity index (χ1n) is 28.1. The number of benzene rings is 4. The van der Waals surface area contributed by atoms with E-state index < -0.39 is 92.7 Å². The summed E-state index contributed by atoms with van der Waals surface area (Å²) < 4.78 is 228. The molecule has 1 N–H and O–H groups in total. The van der Waals surface area contributed by atoms with Crippen LogP contribution in [-0.2, 0) is 99.4 Å². The normalized spacial score (nSPS) is 17.9. The maximum Gasteiger partial charge on any atom is 0.303 e. The number of aliphatic carboxylic acids is 1. The Balaban J connectivity index is 0.0000147. The third-order valence-electron chi connectivity index (χ3n) is 15.1. The Hall–Kier alpha value is -5.43. The predicted molar refractivity (Wildman–Crippen MR) is 326 cm³/mol. The van der Waals surface area contributed by atoms with Crippen molar-refractivity contribution < 1.29 is 112 Å². The molecule has 2 aliphatic rings. The number of rotatable bonds is 39. The number of carbonyl (C=O) groups is 1. The largest absolute Gasteiger partial charge is 0.748 e. The first-order chi connectivity index (χ1) is 41.9. The molecule has 6 rings (SSSR count). The van der Waals surface area contributed by atoms with Crippen molar-refractivity contribution in [2.45, 2.75) is 96.6 Å². The Morgan fingerprint density at radius 2 is 1.03 bits per heavy atom. The molecule has 500 valence electrons. The van der Waals surface area contributed by atoms with Gasteiger partial charge in [0.1, 0.15) is 47.1 Å². The molecule has 4 aromatic rings. The van der Waals surface area contributed by atoms with Crippen LogP contribution in [0.1, 0.15) is 77.3 Å². The van der Waals surface area contributed by atoms with Gasteiger partial charge in [0.2, 0.25) is 5.69 Å². The van der Waals surface area contributed by atoms with Crippen LogP contribution < -0.4 is 4.90 Å². The number of fused-ring (bicyclic) bond motifs is 6. The molecule has 26 nitrogen and oxygen atoms in total. The zero-order valence-electron chi connectivity index (χ0n) is 49.5. The van der Waals surface area contributed by atoms with Gasteiger partial charge in [-0.1, -0.05) is 50.3 Å². The number of carboxylic acid groups (broad SMARTS) is 1. The van der Waals surface area contributed by atoms with Crippen molar-refractivity contribution in [3.63, 3.8) is 0 Å². The van der Waals surface area contributed by atoms with E-state index in [9.17, 15) is 74.8 Å². The maximum absolute atomic E-state index is 12.8. The number of methoxy groups -OCH3 is 2. The molecule has 31 heteroatoms. The topological polar surface area (TPSA) is 394 Å². The minimum absolute atomic E-state index is 0. The summed E-state index contributed by atoms with van der Waals surface area (Å²) >= 11 is 0. The summed E-state index contributed by atoms with van der Waals surface area (Å²) in [5.74, 6) is -1.81. The molecule has 2 atom stereocenters. The van der Waals surface area contributed by atoms with Crippen molar-refractivity contribution in [1.82, 2.24) is 0 Å². The molecule has 0 aromatic heterocycles. The quantitative estimate of drug-likeness (QED) is 0.0243. The van der Waals surface area contributed by atoms with E-state index in [4.69, 9.17) is 33.2 Å². The van der Waals surface area contributed by atoms with Crippen LogP contribution in [0.4, 0.5) is 11.4 Å². The summed E-state index contributed by atoms with van der Waals surface area (Å²) in [5, 5.41) is 8.90. The van der Waals surface area contributed by atoms with E-state index in [1.807, 2.05) is 11.8 Å². The molecule has 0 fully saturated rings. The number of nitrogens with zero attached hydrogens (tertiary/aromatic N) is 2. The lowest BCUT2D eigenvalue weighted by molar-refractivity contribution is -0.442. The van der Waals surface area contributed by atoms with Crippen molar-refractivity contribution in [3.05, 3.63) is 108 Å². The summed E-state index contributed by atoms with van der Waals surface area (Å²) in [6, 6.07) is 8.77. The van der Waals surface area contributed by atoms with E-state index >= 15 is 0 Å².